The van der Waals surface area contributed by atoms with Gasteiger partial charge in [0.05, 0.1) is 0 Å². The lowest BCUT2D eigenvalue weighted by Gasteiger charge is -2.59. The van der Waals surface area contributed by atoms with Crippen LogP contribution in [0.1, 0.15) is 113 Å². The smallest absolute Gasteiger partial charge is 0.136 e. The Hall–Kier alpha value is -0.850. The molecule has 7 atom stereocenters. The highest BCUT2D eigenvalue weighted by Crippen LogP contribution is 2.71. The molecule has 0 amide bonds. The van der Waals surface area contributed by atoms with Gasteiger partial charge in [0.15, 0.2) is 0 Å². The summed E-state index contributed by atoms with van der Waals surface area (Å²) in [7, 11) is 0. The monoisotopic (exact) mass is 424 g/mol. The number of rotatable bonds is 5. The van der Waals surface area contributed by atoms with E-state index in [-0.39, 0.29) is 11.3 Å². The van der Waals surface area contributed by atoms with E-state index in [0.29, 0.717) is 28.4 Å². The molecular weight excluding hydrogens is 376 g/mol. The van der Waals surface area contributed by atoms with Crippen LogP contribution in [-0.4, -0.2) is 5.78 Å². The predicted molar refractivity (Wildman–Crippen MR) is 132 cm³/mol. The summed E-state index contributed by atoms with van der Waals surface area (Å²) >= 11 is 0. The van der Waals surface area contributed by atoms with Crippen molar-refractivity contribution in [3.05, 3.63) is 23.3 Å². The number of carbonyl (C=O) groups is 1. The Morgan fingerprint density at radius 3 is 2.39 bits per heavy atom. The van der Waals surface area contributed by atoms with E-state index in [2.05, 4.69) is 55.0 Å². The van der Waals surface area contributed by atoms with Crippen molar-refractivity contribution >= 4 is 5.78 Å². The Kier molecular flexibility index (Phi) is 5.92. The van der Waals surface area contributed by atoms with Crippen LogP contribution in [0.2, 0.25) is 0 Å². The van der Waals surface area contributed by atoms with E-state index in [9.17, 15) is 4.79 Å². The van der Waals surface area contributed by atoms with E-state index in [4.69, 9.17) is 0 Å². The normalized spacial score (nSPS) is 43.5. The summed E-state index contributed by atoms with van der Waals surface area (Å²) in [5.41, 5.74) is 6.17. The first kappa shape index (κ1) is 23.3. The second kappa shape index (κ2) is 7.88. The third-order valence-corrected chi connectivity index (χ3v) is 11.6. The maximum absolute atomic E-state index is 12.5. The summed E-state index contributed by atoms with van der Waals surface area (Å²) < 4.78 is 0. The van der Waals surface area contributed by atoms with Crippen molar-refractivity contribution in [1.29, 1.82) is 0 Å². The Labute approximate surface area is 192 Å². The molecule has 2 saturated carbocycles. The third-order valence-electron chi connectivity index (χ3n) is 11.6. The van der Waals surface area contributed by atoms with Crippen LogP contribution in [0.3, 0.4) is 0 Å². The minimum Gasteiger partial charge on any atom is -0.299 e. The minimum atomic E-state index is 0.263. The molecule has 4 aliphatic rings. The summed E-state index contributed by atoms with van der Waals surface area (Å²) in [5.74, 6) is 3.60. The largest absolute Gasteiger partial charge is 0.299 e. The van der Waals surface area contributed by atoms with Gasteiger partial charge in [-0.2, -0.15) is 0 Å². The molecule has 0 bridgehead atoms. The summed E-state index contributed by atoms with van der Waals surface area (Å²) in [4.78, 5) is 12.5. The lowest BCUT2D eigenvalue weighted by Crippen LogP contribution is -2.50. The van der Waals surface area contributed by atoms with Crippen LogP contribution in [-0.2, 0) is 4.79 Å². The molecular formula is C30H48O. The van der Waals surface area contributed by atoms with Gasteiger partial charge in [-0.25, -0.2) is 0 Å². The second-order valence-electron chi connectivity index (χ2n) is 13.0. The van der Waals surface area contributed by atoms with Crippen molar-refractivity contribution in [2.75, 3.05) is 0 Å². The van der Waals surface area contributed by atoms with Crippen molar-refractivity contribution in [2.45, 2.75) is 113 Å². The molecule has 1 heteroatoms. The summed E-state index contributed by atoms with van der Waals surface area (Å²) in [5, 5.41) is 0. The fourth-order valence-electron chi connectivity index (χ4n) is 8.97. The van der Waals surface area contributed by atoms with Gasteiger partial charge < -0.3 is 0 Å². The minimum absolute atomic E-state index is 0.263. The van der Waals surface area contributed by atoms with Crippen molar-refractivity contribution in [1.82, 2.24) is 0 Å². The fourth-order valence-corrected chi connectivity index (χ4v) is 8.97. The van der Waals surface area contributed by atoms with Gasteiger partial charge in [-0.05, 0) is 97.7 Å². The van der Waals surface area contributed by atoms with Crippen LogP contribution >= 0.6 is 0 Å². The molecule has 4 aliphatic carbocycles. The number of Topliss-reactive ketones (excluding diaryl/α,β-unsaturated/α-hetero) is 1. The Bertz CT molecular complexity index is 786. The highest BCUT2D eigenvalue weighted by Gasteiger charge is 2.62. The zero-order valence-electron chi connectivity index (χ0n) is 21.6. The number of hydrogen-bond acceptors (Lipinski definition) is 1. The highest BCUT2D eigenvalue weighted by molar-refractivity contribution is 5.82. The average molecular weight is 425 g/mol. The van der Waals surface area contributed by atoms with Crippen LogP contribution in [0, 0.1) is 45.8 Å². The van der Waals surface area contributed by atoms with Crippen molar-refractivity contribution < 1.29 is 4.79 Å². The van der Waals surface area contributed by atoms with Crippen molar-refractivity contribution in [3.63, 3.8) is 0 Å². The van der Waals surface area contributed by atoms with E-state index < -0.39 is 0 Å². The number of fused-ring (bicyclic) bond motifs is 4. The second-order valence-corrected chi connectivity index (χ2v) is 13.0. The zero-order chi connectivity index (χ0) is 22.8. The third kappa shape index (κ3) is 3.34. The van der Waals surface area contributed by atoms with Crippen LogP contribution in [0.4, 0.5) is 0 Å². The first-order chi connectivity index (χ1) is 14.5. The van der Waals surface area contributed by atoms with E-state index in [0.717, 1.165) is 24.7 Å². The Morgan fingerprint density at radius 1 is 1.00 bits per heavy atom. The van der Waals surface area contributed by atoms with E-state index in [1.54, 1.807) is 0 Å². The zero-order valence-corrected chi connectivity index (χ0v) is 21.6. The van der Waals surface area contributed by atoms with E-state index in [1.165, 1.54) is 56.9 Å². The molecule has 0 spiro atoms. The Morgan fingerprint density at radius 2 is 1.71 bits per heavy atom. The summed E-state index contributed by atoms with van der Waals surface area (Å²) in [6.07, 6.45) is 12.3. The highest BCUT2D eigenvalue weighted by atomic mass is 16.1. The van der Waals surface area contributed by atoms with Crippen molar-refractivity contribution in [2.24, 2.45) is 45.8 Å². The SMILES string of the molecule is C=C(CCC(C)C1CCC2(C)C3=C(CCC12C)C1(C)CCC(=O)C(C)C1CC3)C(C)C. The molecule has 0 aliphatic heterocycles. The Balaban J connectivity index is 1.61. The molecule has 0 aromatic heterocycles. The molecule has 0 N–H and O–H groups in total. The molecule has 0 radical (unpaired) electrons. The number of allylic oxidation sites excluding steroid dienone is 3. The quantitative estimate of drug-likeness (QED) is 0.404. The first-order valence-electron chi connectivity index (χ1n) is 13.4. The van der Waals surface area contributed by atoms with Crippen LogP contribution in [0.25, 0.3) is 0 Å². The molecule has 0 heterocycles. The van der Waals surface area contributed by atoms with Crippen LogP contribution < -0.4 is 0 Å². The van der Waals surface area contributed by atoms with Gasteiger partial charge in [0.25, 0.3) is 0 Å². The van der Waals surface area contributed by atoms with Gasteiger partial charge in [-0.15, -0.1) is 0 Å². The molecule has 1 nitrogen and oxygen atoms in total. The topological polar surface area (TPSA) is 17.1 Å². The molecule has 7 unspecified atom stereocenters. The molecule has 2 fully saturated rings. The number of hydrogen-bond donors (Lipinski definition) is 0. The molecule has 0 aromatic carbocycles. The van der Waals surface area contributed by atoms with Gasteiger partial charge in [0, 0.05) is 12.3 Å². The molecule has 174 valence electrons. The molecule has 0 aromatic rings. The van der Waals surface area contributed by atoms with Gasteiger partial charge in [0.1, 0.15) is 5.78 Å². The van der Waals surface area contributed by atoms with Gasteiger partial charge in [-0.1, -0.05) is 71.8 Å². The van der Waals surface area contributed by atoms with Gasteiger partial charge in [-0.3, -0.25) is 4.79 Å². The predicted octanol–water partition coefficient (Wildman–Crippen LogP) is 8.54. The van der Waals surface area contributed by atoms with E-state index >= 15 is 0 Å². The van der Waals surface area contributed by atoms with Gasteiger partial charge >= 0.3 is 0 Å². The summed E-state index contributed by atoms with van der Waals surface area (Å²) in [6.45, 7) is 21.5. The standard InChI is InChI=1S/C30H48O/c1-19(2)20(3)9-10-21(4)23-13-17-30(8)26-12-11-24-22(5)27(31)15-16-28(24,6)25(26)14-18-29(23,30)7/h19,21-24H,3,9-18H2,1-2,4-8H3. The van der Waals surface area contributed by atoms with Crippen LogP contribution in [0.15, 0.2) is 23.3 Å². The van der Waals surface area contributed by atoms with E-state index in [1.807, 2.05) is 11.1 Å². The summed E-state index contributed by atoms with van der Waals surface area (Å²) in [6, 6.07) is 0. The molecule has 4 rings (SSSR count). The average Bonchev–Trinajstić information content (AvgIpc) is 3.00. The maximum atomic E-state index is 12.5. The molecule has 31 heavy (non-hydrogen) atoms. The van der Waals surface area contributed by atoms with Gasteiger partial charge in [0.2, 0.25) is 0 Å². The molecule has 0 saturated heterocycles. The lowest BCUT2D eigenvalue weighted by molar-refractivity contribution is -0.130. The lowest BCUT2D eigenvalue weighted by atomic mass is 9.45. The first-order valence-corrected chi connectivity index (χ1v) is 13.4. The maximum Gasteiger partial charge on any atom is 0.136 e. The number of carbonyl (C=O) groups excluding carboxylic acids is 1. The van der Waals surface area contributed by atoms with Crippen molar-refractivity contribution in [3.8, 4) is 0 Å². The number of ketones is 1. The fraction of sp³-hybridized carbons (Fsp3) is 0.833. The van der Waals surface area contributed by atoms with Crippen LogP contribution in [0.5, 0.6) is 0 Å².